The molecule has 0 spiro atoms. The summed E-state index contributed by atoms with van der Waals surface area (Å²) in [6.07, 6.45) is 1.40. The second-order valence-corrected chi connectivity index (χ2v) is 3.50. The fourth-order valence-corrected chi connectivity index (χ4v) is 1.23. The van der Waals surface area contributed by atoms with Crippen molar-refractivity contribution in [2.75, 3.05) is 0 Å². The van der Waals surface area contributed by atoms with Crippen LogP contribution in [0.1, 0.15) is 33.6 Å². The quantitative estimate of drug-likeness (QED) is 0.521. The molecule has 0 aromatic carbocycles. The third-order valence-corrected chi connectivity index (χ3v) is 2.60. The molecule has 4 nitrogen and oxygen atoms in total. The maximum atomic E-state index is 10.8. The van der Waals surface area contributed by atoms with E-state index in [4.69, 9.17) is 10.2 Å². The molecule has 14 heavy (non-hydrogen) atoms. The van der Waals surface area contributed by atoms with Gasteiger partial charge in [-0.1, -0.05) is 20.3 Å². The van der Waals surface area contributed by atoms with Crippen LogP contribution in [0.3, 0.4) is 0 Å². The highest BCUT2D eigenvalue weighted by atomic mass is 24.3. The third kappa shape index (κ3) is 3.13. The van der Waals surface area contributed by atoms with Crippen LogP contribution in [0.4, 0.5) is 0 Å². The summed E-state index contributed by atoms with van der Waals surface area (Å²) in [4.78, 5) is 21.6. The lowest BCUT2D eigenvalue weighted by molar-refractivity contribution is -0.167. The molecule has 0 heterocycles. The first-order valence-corrected chi connectivity index (χ1v) is 4.34. The first-order valence-electron chi connectivity index (χ1n) is 4.34. The summed E-state index contributed by atoms with van der Waals surface area (Å²) in [6, 6.07) is 0. The van der Waals surface area contributed by atoms with E-state index in [1.54, 1.807) is 6.92 Å². The Balaban J connectivity index is 0. The van der Waals surface area contributed by atoms with Crippen molar-refractivity contribution in [2.24, 2.45) is 11.3 Å². The van der Waals surface area contributed by atoms with Gasteiger partial charge in [-0.15, -0.1) is 0 Å². The molecular formula is C9H18MgO4. The zero-order valence-electron chi connectivity index (χ0n) is 8.20. The molecule has 0 aromatic rings. The lowest BCUT2D eigenvalue weighted by Gasteiger charge is -2.26. The van der Waals surface area contributed by atoms with Crippen LogP contribution in [-0.4, -0.2) is 45.2 Å². The maximum Gasteiger partial charge on any atom is 0.321 e. The fourth-order valence-electron chi connectivity index (χ4n) is 1.23. The first-order chi connectivity index (χ1) is 5.87. The Kier molecular flexibility index (Phi) is 7.20. The summed E-state index contributed by atoms with van der Waals surface area (Å²) >= 11 is 0. The van der Waals surface area contributed by atoms with Crippen molar-refractivity contribution in [1.29, 1.82) is 0 Å². The van der Waals surface area contributed by atoms with Crippen molar-refractivity contribution in [1.82, 2.24) is 0 Å². The van der Waals surface area contributed by atoms with Gasteiger partial charge in [-0.3, -0.25) is 9.59 Å². The van der Waals surface area contributed by atoms with Gasteiger partial charge in [-0.05, 0) is 19.3 Å². The highest BCUT2D eigenvalue weighted by Gasteiger charge is 2.45. The van der Waals surface area contributed by atoms with Crippen molar-refractivity contribution in [2.45, 2.75) is 33.6 Å². The fraction of sp³-hybridized carbons (Fsp3) is 0.778. The molecule has 0 aliphatic heterocycles. The second kappa shape index (κ2) is 6.24. The summed E-state index contributed by atoms with van der Waals surface area (Å²) in [5.41, 5.74) is -1.66. The number of carbonyl (C=O) groups is 2. The monoisotopic (exact) mass is 214 g/mol. The van der Waals surface area contributed by atoms with E-state index in [2.05, 4.69) is 0 Å². The lowest BCUT2D eigenvalue weighted by Crippen LogP contribution is -2.42. The zero-order valence-corrected chi connectivity index (χ0v) is 8.20. The Morgan fingerprint density at radius 1 is 1.29 bits per heavy atom. The molecule has 80 valence electrons. The minimum atomic E-state index is -1.66. The highest BCUT2D eigenvalue weighted by molar-refractivity contribution is 5.98. The average Bonchev–Trinajstić information content (AvgIpc) is 2.02. The number of carboxylic acid groups (broad SMARTS) is 2. The molecule has 0 rings (SSSR count). The van der Waals surface area contributed by atoms with Gasteiger partial charge >= 0.3 is 35.0 Å². The van der Waals surface area contributed by atoms with Gasteiger partial charge in [0, 0.05) is 0 Å². The molecule has 0 saturated heterocycles. The van der Waals surface area contributed by atoms with E-state index in [1.165, 1.54) is 6.92 Å². The van der Waals surface area contributed by atoms with Crippen molar-refractivity contribution >= 4 is 35.0 Å². The van der Waals surface area contributed by atoms with Crippen LogP contribution in [0.15, 0.2) is 0 Å². The van der Waals surface area contributed by atoms with Crippen LogP contribution in [-0.2, 0) is 9.59 Å². The number of rotatable bonds is 5. The molecule has 0 saturated carbocycles. The molecule has 0 radical (unpaired) electrons. The lowest BCUT2D eigenvalue weighted by atomic mass is 9.76. The predicted molar refractivity (Wildman–Crippen MR) is 56.0 cm³/mol. The van der Waals surface area contributed by atoms with Crippen LogP contribution in [0.5, 0.6) is 0 Å². The zero-order chi connectivity index (χ0) is 10.6. The normalized spacial score (nSPS) is 12.8. The Bertz CT molecular complexity index is 201. The summed E-state index contributed by atoms with van der Waals surface area (Å²) in [5.74, 6) is -2.88. The average molecular weight is 215 g/mol. The molecular weight excluding hydrogens is 196 g/mol. The molecule has 0 amide bonds. The minimum Gasteiger partial charge on any atom is -0.480 e. The molecule has 0 aliphatic carbocycles. The summed E-state index contributed by atoms with van der Waals surface area (Å²) in [6.45, 7) is 4.82. The van der Waals surface area contributed by atoms with Crippen molar-refractivity contribution < 1.29 is 19.8 Å². The van der Waals surface area contributed by atoms with Crippen LogP contribution < -0.4 is 0 Å². The van der Waals surface area contributed by atoms with Crippen LogP contribution in [0.2, 0.25) is 0 Å². The summed E-state index contributed by atoms with van der Waals surface area (Å²) in [7, 11) is 0. The predicted octanol–water partition coefficient (Wildman–Crippen LogP) is 0.682. The van der Waals surface area contributed by atoms with Gasteiger partial charge in [0.2, 0.25) is 0 Å². The van der Waals surface area contributed by atoms with E-state index >= 15 is 0 Å². The number of hydrogen-bond donors (Lipinski definition) is 2. The van der Waals surface area contributed by atoms with Crippen LogP contribution in [0, 0.1) is 11.3 Å². The Hall–Kier alpha value is -0.294. The third-order valence-electron chi connectivity index (χ3n) is 2.60. The van der Waals surface area contributed by atoms with Crippen LogP contribution >= 0.6 is 0 Å². The largest absolute Gasteiger partial charge is 0.480 e. The molecule has 2 N–H and O–H groups in total. The van der Waals surface area contributed by atoms with E-state index in [1.807, 2.05) is 6.92 Å². The van der Waals surface area contributed by atoms with Gasteiger partial charge < -0.3 is 10.2 Å². The summed E-state index contributed by atoms with van der Waals surface area (Å²) < 4.78 is 0. The van der Waals surface area contributed by atoms with E-state index in [-0.39, 0.29) is 29.0 Å². The minimum absolute atomic E-state index is 0. The maximum absolute atomic E-state index is 10.8. The summed E-state index contributed by atoms with van der Waals surface area (Å²) in [5, 5.41) is 17.6. The van der Waals surface area contributed by atoms with Gasteiger partial charge in [0.05, 0.1) is 0 Å². The van der Waals surface area contributed by atoms with E-state index < -0.39 is 17.4 Å². The van der Waals surface area contributed by atoms with Gasteiger partial charge in [0.25, 0.3) is 0 Å². The van der Waals surface area contributed by atoms with Gasteiger partial charge in [-0.2, -0.15) is 0 Å². The standard InChI is InChI=1S/C9H16O4.Mg.2H/c1-4-5-6(2)9(3,7(10)11)8(12)13;;;/h6H,4-5H2,1-3H3,(H,10,11)(H,12,13);;;. The van der Waals surface area contributed by atoms with E-state index in [9.17, 15) is 9.59 Å². The molecule has 0 aliphatic rings. The SMILES string of the molecule is CCCC(C)C(C)(C(=O)O)C(=O)O.[MgH2]. The van der Waals surface area contributed by atoms with Gasteiger partial charge in [-0.25, -0.2) is 0 Å². The second-order valence-electron chi connectivity index (χ2n) is 3.50. The number of hydrogen-bond acceptors (Lipinski definition) is 2. The Morgan fingerprint density at radius 2 is 1.64 bits per heavy atom. The molecule has 1 unspecified atom stereocenters. The molecule has 0 fully saturated rings. The Labute approximate surface area is 99.8 Å². The van der Waals surface area contributed by atoms with E-state index in [0.29, 0.717) is 6.42 Å². The Morgan fingerprint density at radius 3 is 1.86 bits per heavy atom. The number of carboxylic acids is 2. The molecule has 1 atom stereocenters. The van der Waals surface area contributed by atoms with Gasteiger partial charge in [0.1, 0.15) is 0 Å². The van der Waals surface area contributed by atoms with Gasteiger partial charge in [0.15, 0.2) is 5.41 Å². The van der Waals surface area contributed by atoms with Crippen molar-refractivity contribution in [3.05, 3.63) is 0 Å². The molecule has 0 bridgehead atoms. The van der Waals surface area contributed by atoms with Crippen molar-refractivity contribution in [3.8, 4) is 0 Å². The topological polar surface area (TPSA) is 74.6 Å². The van der Waals surface area contributed by atoms with Crippen molar-refractivity contribution in [3.63, 3.8) is 0 Å². The smallest absolute Gasteiger partial charge is 0.321 e. The van der Waals surface area contributed by atoms with Crippen LogP contribution in [0.25, 0.3) is 0 Å². The first kappa shape index (κ1) is 16.1. The van der Waals surface area contributed by atoms with E-state index in [0.717, 1.165) is 6.42 Å². The highest BCUT2D eigenvalue weighted by Crippen LogP contribution is 2.31. The number of aliphatic carboxylic acids is 2. The molecule has 0 aromatic heterocycles. The molecule has 5 heteroatoms.